The predicted molar refractivity (Wildman–Crippen MR) is 106 cm³/mol. The summed E-state index contributed by atoms with van der Waals surface area (Å²) in [5, 5.41) is 19.0. The van der Waals surface area contributed by atoms with Crippen LogP contribution in [0, 0.1) is 0 Å². The van der Waals surface area contributed by atoms with E-state index in [2.05, 4.69) is 0 Å². The molecule has 1 fully saturated rings. The molecule has 0 bridgehead atoms. The van der Waals surface area contributed by atoms with Gasteiger partial charge >= 0.3 is 23.8 Å². The van der Waals surface area contributed by atoms with E-state index in [-0.39, 0.29) is 17.5 Å². The molecule has 2 aromatic carbocycles. The molecule has 2 unspecified atom stereocenters. The van der Waals surface area contributed by atoms with Crippen LogP contribution in [-0.4, -0.2) is 51.5 Å². The van der Waals surface area contributed by atoms with Crippen molar-refractivity contribution in [3.8, 4) is 11.5 Å². The number of fused-ring (bicyclic) bond motifs is 1. The number of carboxylic acids is 2. The van der Waals surface area contributed by atoms with Crippen LogP contribution < -0.4 is 9.47 Å². The SMILES string of the molecule is CC(Cc1ccc2c(c1)OC(C(=O)O)(C(=O)O)O2)N1CC(c2cccc(Cl)c2)OC1=O. The van der Waals surface area contributed by atoms with Crippen molar-refractivity contribution in [1.82, 2.24) is 4.90 Å². The molecule has 0 aliphatic carbocycles. The Morgan fingerprint density at radius 3 is 2.55 bits per heavy atom. The molecule has 0 saturated carbocycles. The number of halogens is 1. The Hall–Kier alpha value is -3.46. The van der Waals surface area contributed by atoms with Gasteiger partial charge in [0.15, 0.2) is 11.5 Å². The van der Waals surface area contributed by atoms with Gasteiger partial charge in [0.25, 0.3) is 0 Å². The lowest BCUT2D eigenvalue weighted by atomic mass is 10.0. The number of nitrogens with zero attached hydrogens (tertiary/aromatic N) is 1. The highest BCUT2D eigenvalue weighted by Gasteiger charge is 2.57. The molecule has 2 aromatic rings. The molecule has 9 nitrogen and oxygen atoms in total. The molecule has 2 heterocycles. The van der Waals surface area contributed by atoms with Crippen LogP contribution in [-0.2, 0) is 20.7 Å². The van der Waals surface area contributed by atoms with E-state index in [1.54, 1.807) is 29.2 Å². The van der Waals surface area contributed by atoms with Crippen LogP contribution in [0.15, 0.2) is 42.5 Å². The first-order valence-electron chi connectivity index (χ1n) is 9.40. The van der Waals surface area contributed by atoms with Gasteiger partial charge in [-0.1, -0.05) is 29.8 Å². The highest BCUT2D eigenvalue weighted by Crippen LogP contribution is 2.41. The van der Waals surface area contributed by atoms with E-state index in [0.717, 1.165) is 5.56 Å². The molecule has 2 atom stereocenters. The molecular weight excluding hydrogens is 430 g/mol. The third-order valence-corrected chi connectivity index (χ3v) is 5.44. The molecule has 1 amide bonds. The van der Waals surface area contributed by atoms with Gasteiger partial charge in [-0.05, 0) is 48.7 Å². The van der Waals surface area contributed by atoms with Crippen molar-refractivity contribution in [2.24, 2.45) is 0 Å². The van der Waals surface area contributed by atoms with Crippen LogP contribution in [0.5, 0.6) is 11.5 Å². The minimum Gasteiger partial charge on any atom is -0.475 e. The predicted octanol–water partition coefficient (Wildman–Crippen LogP) is 3.10. The molecule has 0 aromatic heterocycles. The smallest absolute Gasteiger partial charge is 0.453 e. The number of benzene rings is 2. The van der Waals surface area contributed by atoms with Crippen LogP contribution in [0.25, 0.3) is 0 Å². The van der Waals surface area contributed by atoms with Gasteiger partial charge in [0.05, 0.1) is 6.54 Å². The summed E-state index contributed by atoms with van der Waals surface area (Å²) >= 11 is 6.02. The minimum absolute atomic E-state index is 0.00954. The first-order chi connectivity index (χ1) is 14.7. The van der Waals surface area contributed by atoms with Crippen LogP contribution in [0.2, 0.25) is 5.02 Å². The molecule has 10 heteroatoms. The molecule has 162 valence electrons. The van der Waals surface area contributed by atoms with Crippen molar-refractivity contribution in [1.29, 1.82) is 0 Å². The number of hydrogen-bond donors (Lipinski definition) is 2. The van der Waals surface area contributed by atoms with Crippen LogP contribution in [0.3, 0.4) is 0 Å². The van der Waals surface area contributed by atoms with E-state index in [4.69, 9.17) is 25.8 Å². The second-order valence-corrected chi connectivity index (χ2v) is 7.78. The van der Waals surface area contributed by atoms with Gasteiger partial charge < -0.3 is 29.3 Å². The number of carbonyl (C=O) groups is 3. The quantitative estimate of drug-likeness (QED) is 0.647. The number of amides is 1. The van der Waals surface area contributed by atoms with Crippen molar-refractivity contribution < 1.29 is 38.8 Å². The number of rotatable bonds is 6. The summed E-state index contributed by atoms with van der Waals surface area (Å²) in [7, 11) is 0. The highest BCUT2D eigenvalue weighted by atomic mass is 35.5. The van der Waals surface area contributed by atoms with Gasteiger partial charge in [0, 0.05) is 11.1 Å². The number of carbonyl (C=O) groups excluding carboxylic acids is 1. The maximum absolute atomic E-state index is 12.4. The van der Waals surface area contributed by atoms with E-state index in [1.165, 1.54) is 12.1 Å². The van der Waals surface area contributed by atoms with Crippen molar-refractivity contribution in [3.05, 3.63) is 58.6 Å². The standard InChI is InChI=1S/C21H18ClNO8/c1-11(23-10-17(29-20(23)28)13-3-2-4-14(22)9-13)7-12-5-6-15-16(8-12)31-21(30-15,18(24)25)19(26)27/h2-6,8-9,11,17H,7,10H2,1H3,(H,24,25)(H,26,27). The van der Waals surface area contributed by atoms with Crippen LogP contribution in [0.4, 0.5) is 4.79 Å². The van der Waals surface area contributed by atoms with Gasteiger partial charge in [-0.2, -0.15) is 0 Å². The first-order valence-corrected chi connectivity index (χ1v) is 9.78. The third-order valence-electron chi connectivity index (χ3n) is 5.20. The summed E-state index contributed by atoms with van der Waals surface area (Å²) in [6.07, 6.45) is -0.479. The molecule has 1 saturated heterocycles. The van der Waals surface area contributed by atoms with E-state index in [9.17, 15) is 24.6 Å². The van der Waals surface area contributed by atoms with Gasteiger partial charge in [-0.3, -0.25) is 0 Å². The van der Waals surface area contributed by atoms with Gasteiger partial charge in [0.2, 0.25) is 0 Å². The van der Waals surface area contributed by atoms with E-state index in [0.29, 0.717) is 23.6 Å². The number of aliphatic carboxylic acids is 2. The summed E-state index contributed by atoms with van der Waals surface area (Å²) in [6.45, 7) is 2.21. The highest BCUT2D eigenvalue weighted by molar-refractivity contribution is 6.30. The zero-order valence-corrected chi connectivity index (χ0v) is 17.0. The number of hydrogen-bond acceptors (Lipinski definition) is 6. The lowest BCUT2D eigenvalue weighted by molar-refractivity contribution is -0.194. The molecule has 2 N–H and O–H groups in total. The third kappa shape index (κ3) is 3.72. The Balaban J connectivity index is 1.47. The Kier molecular flexibility index (Phi) is 5.14. The maximum Gasteiger partial charge on any atom is 0.453 e. The van der Waals surface area contributed by atoms with Crippen molar-refractivity contribution in [2.45, 2.75) is 31.3 Å². The van der Waals surface area contributed by atoms with Crippen molar-refractivity contribution in [3.63, 3.8) is 0 Å². The van der Waals surface area contributed by atoms with Crippen molar-refractivity contribution in [2.75, 3.05) is 6.54 Å². The second-order valence-electron chi connectivity index (χ2n) is 7.35. The molecule has 0 radical (unpaired) electrons. The lowest BCUT2D eigenvalue weighted by Crippen LogP contribution is -2.54. The first kappa shape index (κ1) is 20.8. The molecule has 2 aliphatic rings. The fourth-order valence-electron chi connectivity index (χ4n) is 3.61. The van der Waals surface area contributed by atoms with Crippen molar-refractivity contribution >= 4 is 29.6 Å². The Morgan fingerprint density at radius 2 is 1.87 bits per heavy atom. The molecule has 0 spiro atoms. The fraction of sp³-hybridized carbons (Fsp3) is 0.286. The summed E-state index contributed by atoms with van der Waals surface area (Å²) < 4.78 is 15.7. The van der Waals surface area contributed by atoms with Crippen LogP contribution in [0.1, 0.15) is 24.2 Å². The van der Waals surface area contributed by atoms with Gasteiger partial charge in [0.1, 0.15) is 6.10 Å². The average molecular weight is 448 g/mol. The van der Waals surface area contributed by atoms with Crippen LogP contribution >= 0.6 is 11.6 Å². The largest absolute Gasteiger partial charge is 0.475 e. The average Bonchev–Trinajstić information content (AvgIpc) is 3.29. The van der Waals surface area contributed by atoms with Gasteiger partial charge in [-0.15, -0.1) is 0 Å². The monoisotopic (exact) mass is 447 g/mol. The molecule has 2 aliphatic heterocycles. The number of cyclic esters (lactones) is 1. The molecular formula is C21H18ClNO8. The van der Waals surface area contributed by atoms with E-state index in [1.807, 2.05) is 13.0 Å². The topological polar surface area (TPSA) is 123 Å². The van der Waals surface area contributed by atoms with Gasteiger partial charge in [-0.25, -0.2) is 14.4 Å². The van der Waals surface area contributed by atoms with E-state index < -0.39 is 29.9 Å². The molecule has 4 rings (SSSR count). The summed E-state index contributed by atoms with van der Waals surface area (Å²) in [4.78, 5) is 36.7. The number of ether oxygens (including phenoxy) is 3. The minimum atomic E-state index is -2.81. The zero-order chi connectivity index (χ0) is 22.3. The second kappa shape index (κ2) is 7.66. The number of carboxylic acid groups (broad SMARTS) is 2. The Bertz CT molecular complexity index is 1060. The summed E-state index contributed by atoms with van der Waals surface area (Å²) in [5.74, 6) is -6.32. The zero-order valence-electron chi connectivity index (χ0n) is 16.3. The Labute approximate surface area is 181 Å². The normalized spacial score (nSPS) is 19.7. The summed E-state index contributed by atoms with van der Waals surface area (Å²) in [5.41, 5.74) is 1.51. The van der Waals surface area contributed by atoms with E-state index >= 15 is 0 Å². The molecule has 31 heavy (non-hydrogen) atoms. The summed E-state index contributed by atoms with van der Waals surface area (Å²) in [6, 6.07) is 11.5. The fourth-order valence-corrected chi connectivity index (χ4v) is 3.81. The maximum atomic E-state index is 12.4. The Morgan fingerprint density at radius 1 is 1.16 bits per heavy atom. The lowest BCUT2D eigenvalue weighted by Gasteiger charge is -2.22.